The van der Waals surface area contributed by atoms with Gasteiger partial charge in [-0.15, -0.1) is 0 Å². The average molecular weight is 236 g/mol. The largest absolute Gasteiger partial charge is 0.435 e. The highest BCUT2D eigenvalue weighted by atomic mass is 19.1. The van der Waals surface area contributed by atoms with E-state index in [1.165, 1.54) is 12.1 Å². The van der Waals surface area contributed by atoms with Gasteiger partial charge in [-0.2, -0.15) is 0 Å². The molecule has 0 radical (unpaired) electrons. The molecule has 2 rings (SSSR count). The summed E-state index contributed by atoms with van der Waals surface area (Å²) in [6.45, 7) is 0. The normalized spacial score (nSPS) is 10.2. The zero-order valence-corrected chi connectivity index (χ0v) is 8.61. The molecule has 0 saturated carbocycles. The minimum Gasteiger partial charge on any atom is -0.435 e. The summed E-state index contributed by atoms with van der Waals surface area (Å²) < 4.78 is 18.2. The van der Waals surface area contributed by atoms with Gasteiger partial charge in [0.1, 0.15) is 5.82 Å². The van der Waals surface area contributed by atoms with Crippen LogP contribution in [0.15, 0.2) is 29.3 Å². The molecule has 1 aromatic heterocycles. The van der Waals surface area contributed by atoms with E-state index in [1.807, 2.05) is 0 Å². The number of aromatic nitrogens is 2. The number of halogens is 1. The molecule has 0 atom stereocenters. The predicted octanol–water partition coefficient (Wildman–Crippen LogP) is 0.866. The second kappa shape index (κ2) is 4.12. The molecule has 0 spiro atoms. The standard InChI is InChI=1S/C10H9FN4O2/c11-5-1-2-6(12)7(3-5)17-10-8(13)9(16)14-4-15-10/h1-4H,12-13H2,(H,14,15,16). The van der Waals surface area contributed by atoms with Crippen LogP contribution in [0.1, 0.15) is 0 Å². The van der Waals surface area contributed by atoms with Crippen molar-refractivity contribution in [3.05, 3.63) is 40.7 Å². The second-order valence-electron chi connectivity index (χ2n) is 3.23. The molecule has 0 aliphatic heterocycles. The van der Waals surface area contributed by atoms with Crippen molar-refractivity contribution in [2.45, 2.75) is 0 Å². The van der Waals surface area contributed by atoms with Crippen molar-refractivity contribution in [3.63, 3.8) is 0 Å². The van der Waals surface area contributed by atoms with Crippen molar-refractivity contribution in [2.24, 2.45) is 0 Å². The van der Waals surface area contributed by atoms with Crippen LogP contribution < -0.4 is 21.8 Å². The van der Waals surface area contributed by atoms with Gasteiger partial charge in [0.25, 0.3) is 5.56 Å². The van der Waals surface area contributed by atoms with Crippen molar-refractivity contribution in [1.29, 1.82) is 0 Å². The highest BCUT2D eigenvalue weighted by Crippen LogP contribution is 2.28. The van der Waals surface area contributed by atoms with Gasteiger partial charge in [-0.3, -0.25) is 4.79 Å². The molecule has 6 nitrogen and oxygen atoms in total. The number of benzene rings is 1. The van der Waals surface area contributed by atoms with Gasteiger partial charge < -0.3 is 21.2 Å². The summed E-state index contributed by atoms with van der Waals surface area (Å²) in [5, 5.41) is 0. The maximum absolute atomic E-state index is 13.0. The van der Waals surface area contributed by atoms with Gasteiger partial charge in [-0.25, -0.2) is 9.37 Å². The molecular weight excluding hydrogens is 227 g/mol. The van der Waals surface area contributed by atoms with Crippen LogP contribution in [0.4, 0.5) is 15.8 Å². The van der Waals surface area contributed by atoms with Crippen molar-refractivity contribution in [3.8, 4) is 11.6 Å². The van der Waals surface area contributed by atoms with Crippen LogP contribution in [0.2, 0.25) is 0 Å². The summed E-state index contributed by atoms with van der Waals surface area (Å²) in [5.41, 5.74) is 10.5. The first-order valence-electron chi connectivity index (χ1n) is 4.64. The number of hydrogen-bond donors (Lipinski definition) is 3. The van der Waals surface area contributed by atoms with Crippen LogP contribution in [0.5, 0.6) is 11.6 Å². The van der Waals surface area contributed by atoms with E-state index in [0.29, 0.717) is 0 Å². The monoisotopic (exact) mass is 236 g/mol. The minimum atomic E-state index is -0.537. The van der Waals surface area contributed by atoms with Crippen LogP contribution >= 0.6 is 0 Å². The highest BCUT2D eigenvalue weighted by Gasteiger charge is 2.09. The lowest BCUT2D eigenvalue weighted by molar-refractivity contribution is 0.461. The van der Waals surface area contributed by atoms with Gasteiger partial charge in [-0.05, 0) is 12.1 Å². The van der Waals surface area contributed by atoms with Crippen molar-refractivity contribution >= 4 is 11.4 Å². The SMILES string of the molecule is Nc1ccc(F)cc1Oc1nc[nH]c(=O)c1N. The molecule has 2 aromatic rings. The molecule has 0 unspecified atom stereocenters. The predicted molar refractivity (Wildman–Crippen MR) is 60.2 cm³/mol. The molecule has 5 N–H and O–H groups in total. The van der Waals surface area contributed by atoms with Crippen LogP contribution in [-0.2, 0) is 0 Å². The number of hydrogen-bond acceptors (Lipinski definition) is 5. The summed E-state index contributed by atoms with van der Waals surface area (Å²) in [5.74, 6) is -0.585. The van der Waals surface area contributed by atoms with Crippen LogP contribution in [0.3, 0.4) is 0 Å². The van der Waals surface area contributed by atoms with Crippen molar-refractivity contribution in [1.82, 2.24) is 9.97 Å². The van der Waals surface area contributed by atoms with Gasteiger partial charge in [0.2, 0.25) is 5.88 Å². The quantitative estimate of drug-likeness (QED) is 0.670. The zero-order valence-electron chi connectivity index (χ0n) is 8.61. The van der Waals surface area contributed by atoms with E-state index in [2.05, 4.69) is 9.97 Å². The first-order chi connectivity index (χ1) is 8.08. The number of rotatable bonds is 2. The Labute approximate surface area is 95.0 Å². The molecule has 17 heavy (non-hydrogen) atoms. The van der Waals surface area contributed by atoms with Gasteiger partial charge in [0.05, 0.1) is 12.0 Å². The van der Waals surface area contributed by atoms with Gasteiger partial charge >= 0.3 is 0 Å². The molecule has 0 amide bonds. The second-order valence-corrected chi connectivity index (χ2v) is 3.23. The average Bonchev–Trinajstić information content (AvgIpc) is 2.30. The smallest absolute Gasteiger partial charge is 0.277 e. The molecule has 88 valence electrons. The number of anilines is 2. The maximum atomic E-state index is 13.0. The third-order valence-corrected chi connectivity index (χ3v) is 2.03. The lowest BCUT2D eigenvalue weighted by Gasteiger charge is -2.08. The van der Waals surface area contributed by atoms with E-state index >= 15 is 0 Å². The Morgan fingerprint density at radius 2 is 2.12 bits per heavy atom. The molecule has 1 aromatic carbocycles. The first kappa shape index (κ1) is 10.9. The van der Waals surface area contributed by atoms with E-state index in [4.69, 9.17) is 16.2 Å². The van der Waals surface area contributed by atoms with Gasteiger partial charge in [-0.1, -0.05) is 0 Å². The fourth-order valence-electron chi connectivity index (χ4n) is 1.18. The number of H-pyrrole nitrogens is 1. The molecule has 0 aliphatic rings. The summed E-state index contributed by atoms with van der Waals surface area (Å²) in [6, 6.07) is 3.61. The molecule has 1 heterocycles. The van der Waals surface area contributed by atoms with Crippen LogP contribution in [-0.4, -0.2) is 9.97 Å². The summed E-state index contributed by atoms with van der Waals surface area (Å²) in [4.78, 5) is 17.2. The number of nitrogen functional groups attached to an aromatic ring is 2. The molecule has 7 heteroatoms. The lowest BCUT2D eigenvalue weighted by Crippen LogP contribution is -2.13. The third kappa shape index (κ3) is 2.17. The Morgan fingerprint density at radius 3 is 2.88 bits per heavy atom. The Bertz CT molecular complexity index is 611. The fraction of sp³-hybridized carbons (Fsp3) is 0. The first-order valence-corrected chi connectivity index (χ1v) is 4.64. The molecular formula is C10H9FN4O2. The van der Waals surface area contributed by atoms with Gasteiger partial charge in [0, 0.05) is 6.07 Å². The number of nitrogens with zero attached hydrogens (tertiary/aromatic N) is 1. The Balaban J connectivity index is 2.41. The van der Waals surface area contributed by atoms with E-state index in [9.17, 15) is 9.18 Å². The molecule has 0 bridgehead atoms. The Morgan fingerprint density at radius 1 is 1.35 bits per heavy atom. The van der Waals surface area contributed by atoms with E-state index < -0.39 is 11.4 Å². The number of nitrogens with one attached hydrogen (secondary N) is 1. The zero-order chi connectivity index (χ0) is 12.4. The van der Waals surface area contributed by atoms with E-state index in [0.717, 1.165) is 12.4 Å². The number of ether oxygens (including phenoxy) is 1. The summed E-state index contributed by atoms with van der Waals surface area (Å²) in [7, 11) is 0. The molecule has 0 saturated heterocycles. The maximum Gasteiger partial charge on any atom is 0.277 e. The highest BCUT2D eigenvalue weighted by molar-refractivity contribution is 5.56. The topological polar surface area (TPSA) is 107 Å². The molecule has 0 aliphatic carbocycles. The number of nitrogens with two attached hydrogens (primary N) is 2. The fourth-order valence-corrected chi connectivity index (χ4v) is 1.18. The lowest BCUT2D eigenvalue weighted by atomic mass is 10.3. The third-order valence-electron chi connectivity index (χ3n) is 2.03. The van der Waals surface area contributed by atoms with Crippen LogP contribution in [0.25, 0.3) is 0 Å². The van der Waals surface area contributed by atoms with Crippen molar-refractivity contribution in [2.75, 3.05) is 11.5 Å². The van der Waals surface area contributed by atoms with Crippen LogP contribution in [0, 0.1) is 5.82 Å². The van der Waals surface area contributed by atoms with E-state index in [1.54, 1.807) is 0 Å². The minimum absolute atomic E-state index is 0.0507. The Kier molecular flexibility index (Phi) is 2.65. The summed E-state index contributed by atoms with van der Waals surface area (Å²) >= 11 is 0. The molecule has 0 fully saturated rings. The Hall–Kier alpha value is -2.57. The summed E-state index contributed by atoms with van der Waals surface area (Å²) in [6.07, 6.45) is 1.13. The van der Waals surface area contributed by atoms with Gasteiger partial charge in [0.15, 0.2) is 11.4 Å². The number of aromatic amines is 1. The van der Waals surface area contributed by atoms with Crippen molar-refractivity contribution < 1.29 is 9.13 Å². The van der Waals surface area contributed by atoms with E-state index in [-0.39, 0.29) is 23.0 Å².